The summed E-state index contributed by atoms with van der Waals surface area (Å²) in [7, 11) is 0. The molecule has 0 aromatic rings. The third-order valence-electron chi connectivity index (χ3n) is 6.39. The van der Waals surface area contributed by atoms with Crippen molar-refractivity contribution in [3.63, 3.8) is 0 Å². The van der Waals surface area contributed by atoms with E-state index in [0.29, 0.717) is 0 Å². The highest BCUT2D eigenvalue weighted by atomic mass is 16.7. The molecule has 3 heterocycles. The summed E-state index contributed by atoms with van der Waals surface area (Å²) in [5, 5.41) is 10.6. The minimum Gasteiger partial charge on any atom is -0.461 e. The molecule has 0 aromatic heterocycles. The average molecular weight is 364 g/mol. The smallest absolute Gasteiger partial charge is 0.334 e. The molecule has 1 N–H and O–H groups in total. The summed E-state index contributed by atoms with van der Waals surface area (Å²) < 4.78 is 22.9. The third-order valence-corrected chi connectivity index (χ3v) is 6.39. The normalized spacial score (nSPS) is 49.0. The van der Waals surface area contributed by atoms with Crippen LogP contribution in [0.1, 0.15) is 20.8 Å². The second-order valence-electron chi connectivity index (χ2n) is 8.18. The maximum atomic E-state index is 12.4. The first-order valence-electron chi connectivity index (χ1n) is 8.88. The Hall–Kier alpha value is -1.70. The zero-order chi connectivity index (χ0) is 19.0. The Labute approximate surface area is 151 Å². The number of carbonyl (C=O) groups is 2. The molecule has 8 unspecified atom stereocenters. The van der Waals surface area contributed by atoms with Crippen molar-refractivity contribution in [2.24, 2.45) is 23.2 Å². The van der Waals surface area contributed by atoms with Crippen LogP contribution >= 0.6 is 0 Å². The quantitative estimate of drug-likeness (QED) is 0.345. The van der Waals surface area contributed by atoms with Crippen molar-refractivity contribution in [3.05, 3.63) is 24.8 Å². The van der Waals surface area contributed by atoms with Crippen molar-refractivity contribution in [3.8, 4) is 0 Å². The number of hydrogen-bond donors (Lipinski definition) is 1. The van der Waals surface area contributed by atoms with Crippen LogP contribution in [0.15, 0.2) is 24.8 Å². The van der Waals surface area contributed by atoms with Crippen LogP contribution in [-0.4, -0.2) is 53.9 Å². The van der Waals surface area contributed by atoms with Gasteiger partial charge in [-0.15, -0.1) is 6.58 Å². The first-order valence-corrected chi connectivity index (χ1v) is 8.88. The summed E-state index contributed by atoms with van der Waals surface area (Å²) >= 11 is 0. The van der Waals surface area contributed by atoms with E-state index in [4.69, 9.17) is 18.9 Å². The average Bonchev–Trinajstić information content (AvgIpc) is 3.32. The number of carbonyl (C=O) groups excluding carboxylic acids is 2. The van der Waals surface area contributed by atoms with Gasteiger partial charge < -0.3 is 24.1 Å². The summed E-state index contributed by atoms with van der Waals surface area (Å²) in [4.78, 5) is 24.6. The summed E-state index contributed by atoms with van der Waals surface area (Å²) in [5.74, 6) is -2.23. The van der Waals surface area contributed by atoms with Gasteiger partial charge in [0.25, 0.3) is 0 Å². The van der Waals surface area contributed by atoms with Gasteiger partial charge in [-0.3, -0.25) is 4.79 Å². The van der Waals surface area contributed by atoms with Gasteiger partial charge in [0.1, 0.15) is 23.9 Å². The molecule has 1 aliphatic carbocycles. The van der Waals surface area contributed by atoms with Gasteiger partial charge in [0.05, 0.1) is 18.4 Å². The van der Waals surface area contributed by atoms with Crippen LogP contribution in [0, 0.1) is 23.2 Å². The second kappa shape index (κ2) is 5.41. The SMILES string of the molecule is C=CC1(C)C2OC(O)C3(CO3)C1C(OC(=O)C(C)C)C1C(=C)C(=O)OC12. The largest absolute Gasteiger partial charge is 0.461 e. The van der Waals surface area contributed by atoms with E-state index >= 15 is 0 Å². The lowest BCUT2D eigenvalue weighted by atomic mass is 9.54. The van der Waals surface area contributed by atoms with Crippen molar-refractivity contribution in [2.45, 2.75) is 51.0 Å². The maximum Gasteiger partial charge on any atom is 0.334 e. The number of aliphatic hydroxyl groups is 1. The van der Waals surface area contributed by atoms with E-state index in [1.165, 1.54) is 0 Å². The molecule has 7 nitrogen and oxygen atoms in total. The first-order chi connectivity index (χ1) is 12.2. The number of rotatable bonds is 3. The van der Waals surface area contributed by atoms with Crippen molar-refractivity contribution in [1.82, 2.24) is 0 Å². The van der Waals surface area contributed by atoms with Crippen molar-refractivity contribution >= 4 is 11.9 Å². The fourth-order valence-electron chi connectivity index (χ4n) is 4.83. The molecule has 4 fully saturated rings. The molecule has 4 aliphatic rings. The standard InChI is InChI=1S/C19H24O7/c1-6-18(5)13-11(24-15(20)8(2)3)10-9(4)16(21)25-12(10)14(18)26-17(22)19(13)7-23-19/h6,8,10-14,17,22H,1,4,7H2,2-3,5H3. The predicted octanol–water partition coefficient (Wildman–Crippen LogP) is 0.960. The van der Waals surface area contributed by atoms with Crippen LogP contribution in [0.2, 0.25) is 0 Å². The first kappa shape index (κ1) is 17.7. The molecule has 142 valence electrons. The lowest BCUT2D eigenvalue weighted by Gasteiger charge is -2.58. The van der Waals surface area contributed by atoms with Crippen LogP contribution in [0.5, 0.6) is 0 Å². The lowest BCUT2D eigenvalue weighted by molar-refractivity contribution is -0.315. The minimum absolute atomic E-state index is 0.258. The molecule has 1 saturated carbocycles. The van der Waals surface area contributed by atoms with Gasteiger partial charge in [0.15, 0.2) is 6.29 Å². The van der Waals surface area contributed by atoms with E-state index in [2.05, 4.69) is 13.2 Å². The molecular weight excluding hydrogens is 340 g/mol. The van der Waals surface area contributed by atoms with E-state index in [0.717, 1.165) is 0 Å². The second-order valence-corrected chi connectivity index (χ2v) is 8.18. The summed E-state index contributed by atoms with van der Waals surface area (Å²) in [6, 6.07) is 0. The number of hydrogen-bond acceptors (Lipinski definition) is 7. The zero-order valence-corrected chi connectivity index (χ0v) is 15.1. The van der Waals surface area contributed by atoms with Crippen LogP contribution < -0.4 is 0 Å². The molecule has 26 heavy (non-hydrogen) atoms. The Morgan fingerprint density at radius 1 is 1.46 bits per heavy atom. The molecular formula is C19H24O7. The van der Waals surface area contributed by atoms with Gasteiger partial charge in [0.2, 0.25) is 0 Å². The van der Waals surface area contributed by atoms with E-state index in [9.17, 15) is 14.7 Å². The topological polar surface area (TPSA) is 94.6 Å². The molecule has 7 heteroatoms. The summed E-state index contributed by atoms with van der Waals surface area (Å²) in [6.07, 6.45) is -1.53. The van der Waals surface area contributed by atoms with Crippen molar-refractivity contribution in [2.75, 3.05) is 6.61 Å². The molecule has 3 saturated heterocycles. The molecule has 0 aromatic carbocycles. The lowest BCUT2D eigenvalue weighted by Crippen LogP contribution is -2.71. The number of epoxide rings is 1. The Balaban J connectivity index is 1.85. The van der Waals surface area contributed by atoms with Gasteiger partial charge in [0, 0.05) is 16.9 Å². The Bertz CT molecular complexity index is 694. The minimum atomic E-state index is -1.20. The monoisotopic (exact) mass is 364 g/mol. The van der Waals surface area contributed by atoms with Gasteiger partial charge >= 0.3 is 11.9 Å². The fourth-order valence-corrected chi connectivity index (χ4v) is 4.83. The van der Waals surface area contributed by atoms with Crippen LogP contribution in [0.3, 0.4) is 0 Å². The van der Waals surface area contributed by atoms with Crippen LogP contribution in [-0.2, 0) is 28.5 Å². The van der Waals surface area contributed by atoms with Gasteiger partial charge in [-0.1, -0.05) is 33.4 Å². The number of fused-ring (bicyclic) bond motifs is 5. The number of esters is 2. The highest BCUT2D eigenvalue weighted by Crippen LogP contribution is 2.63. The number of aliphatic hydroxyl groups excluding tert-OH is 1. The Morgan fingerprint density at radius 3 is 2.65 bits per heavy atom. The molecule has 3 aliphatic heterocycles. The van der Waals surface area contributed by atoms with E-state index in [1.54, 1.807) is 19.9 Å². The summed E-state index contributed by atoms with van der Waals surface area (Å²) in [5.41, 5.74) is -1.45. The Kier molecular flexibility index (Phi) is 3.68. The summed E-state index contributed by atoms with van der Waals surface area (Å²) in [6.45, 7) is 13.5. The van der Waals surface area contributed by atoms with E-state index < -0.39 is 53.4 Å². The van der Waals surface area contributed by atoms with Gasteiger partial charge in [-0.25, -0.2) is 4.79 Å². The van der Waals surface area contributed by atoms with Gasteiger partial charge in [-0.05, 0) is 0 Å². The Morgan fingerprint density at radius 2 is 2.12 bits per heavy atom. The molecule has 4 rings (SSSR count). The molecule has 1 spiro atoms. The molecule has 0 amide bonds. The highest BCUT2D eigenvalue weighted by molar-refractivity contribution is 5.91. The van der Waals surface area contributed by atoms with Crippen LogP contribution in [0.4, 0.5) is 0 Å². The molecule has 2 bridgehead atoms. The third kappa shape index (κ3) is 2.05. The predicted molar refractivity (Wildman–Crippen MR) is 88.6 cm³/mol. The zero-order valence-electron chi connectivity index (χ0n) is 15.1. The highest BCUT2D eigenvalue weighted by Gasteiger charge is 2.77. The maximum absolute atomic E-state index is 12.4. The van der Waals surface area contributed by atoms with Crippen molar-refractivity contribution in [1.29, 1.82) is 0 Å². The molecule has 8 atom stereocenters. The van der Waals surface area contributed by atoms with Crippen molar-refractivity contribution < 1.29 is 33.6 Å². The molecule has 0 radical (unpaired) electrons. The van der Waals surface area contributed by atoms with E-state index in [-0.39, 0.29) is 24.1 Å². The van der Waals surface area contributed by atoms with Gasteiger partial charge in [-0.2, -0.15) is 0 Å². The van der Waals surface area contributed by atoms with Crippen LogP contribution in [0.25, 0.3) is 0 Å². The fraction of sp³-hybridized carbons (Fsp3) is 0.684. The number of ether oxygens (including phenoxy) is 4. The van der Waals surface area contributed by atoms with E-state index in [1.807, 2.05) is 6.92 Å².